The molecule has 0 aliphatic carbocycles. The molecule has 0 fully saturated rings. The van der Waals surface area contributed by atoms with E-state index in [1.54, 1.807) is 0 Å². The Kier molecular flexibility index (Phi) is 4.03. The molecule has 0 saturated carbocycles. The van der Waals surface area contributed by atoms with Crippen molar-refractivity contribution in [1.82, 2.24) is 10.2 Å². The second kappa shape index (κ2) is 4.76. The molecule has 5 nitrogen and oxygen atoms in total. The van der Waals surface area contributed by atoms with Crippen LogP contribution in [0.15, 0.2) is 0 Å². The highest BCUT2D eigenvalue weighted by Gasteiger charge is 1.93. The minimum absolute atomic E-state index is 0.0729. The maximum Gasteiger partial charge on any atom is 0.217 e. The van der Waals surface area contributed by atoms with Crippen LogP contribution in [0.4, 0.5) is 0 Å². The molecule has 0 heterocycles. The lowest BCUT2D eigenvalue weighted by molar-refractivity contribution is -0.129. The summed E-state index contributed by atoms with van der Waals surface area (Å²) in [6, 6.07) is 0. The summed E-state index contributed by atoms with van der Waals surface area (Å²) in [4.78, 5) is 29.9. The van der Waals surface area contributed by atoms with Gasteiger partial charge >= 0.3 is 0 Å². The Hall–Kier alpha value is -1.39. The van der Waals surface area contributed by atoms with E-state index < -0.39 is 0 Å². The molecule has 0 radical (unpaired) electrons. The average molecular weight is 130 g/mol. The van der Waals surface area contributed by atoms with Gasteiger partial charge in [0.05, 0.1) is 6.67 Å². The van der Waals surface area contributed by atoms with E-state index in [2.05, 4.69) is 5.32 Å². The Morgan fingerprint density at radius 3 is 2.11 bits per heavy atom. The van der Waals surface area contributed by atoms with Crippen LogP contribution in [0.25, 0.3) is 0 Å². The van der Waals surface area contributed by atoms with Gasteiger partial charge in [-0.25, -0.2) is 0 Å². The van der Waals surface area contributed by atoms with Crippen LogP contribution in [0.2, 0.25) is 0 Å². The van der Waals surface area contributed by atoms with Crippen molar-refractivity contribution >= 4 is 19.2 Å². The Labute approximate surface area is 51.6 Å². The number of rotatable bonds is 5. The molecule has 0 spiro atoms. The van der Waals surface area contributed by atoms with Gasteiger partial charge in [0, 0.05) is 0 Å². The summed E-state index contributed by atoms with van der Waals surface area (Å²) in [6.45, 7) is -0.0729. The van der Waals surface area contributed by atoms with Gasteiger partial charge in [-0.05, 0) is 0 Å². The number of hydrogen-bond acceptors (Lipinski definition) is 3. The minimum atomic E-state index is -0.0729. The Bertz CT molecular complexity index is 106. The van der Waals surface area contributed by atoms with E-state index in [1.165, 1.54) is 0 Å². The van der Waals surface area contributed by atoms with Crippen LogP contribution in [-0.4, -0.2) is 30.8 Å². The first kappa shape index (κ1) is 7.61. The fourth-order valence-corrected chi connectivity index (χ4v) is 0.242. The first-order valence-electron chi connectivity index (χ1n) is 2.18. The molecule has 0 rings (SSSR count). The van der Waals surface area contributed by atoms with Crippen LogP contribution in [0.5, 0.6) is 0 Å². The zero-order chi connectivity index (χ0) is 7.11. The van der Waals surface area contributed by atoms with E-state index in [1.807, 2.05) is 0 Å². The highest BCUT2D eigenvalue weighted by molar-refractivity contribution is 5.68. The number of nitrogens with zero attached hydrogens (tertiary/aromatic N) is 1. The quantitative estimate of drug-likeness (QED) is 0.356. The zero-order valence-corrected chi connectivity index (χ0v) is 4.61. The Balaban J connectivity index is 3.41. The van der Waals surface area contributed by atoms with Gasteiger partial charge in [0.1, 0.15) is 0 Å². The third-order valence-electron chi connectivity index (χ3n) is 0.628. The fraction of sp³-hybridized carbons (Fsp3) is 0.250. The SMILES string of the molecule is O=CNCN(C=O)C=O. The van der Waals surface area contributed by atoms with Crippen molar-refractivity contribution in [3.63, 3.8) is 0 Å². The van der Waals surface area contributed by atoms with Crippen LogP contribution >= 0.6 is 0 Å². The van der Waals surface area contributed by atoms with E-state index in [4.69, 9.17) is 0 Å². The van der Waals surface area contributed by atoms with Crippen LogP contribution in [0.3, 0.4) is 0 Å². The maximum atomic E-state index is 9.78. The molecule has 0 atom stereocenters. The van der Waals surface area contributed by atoms with Crippen molar-refractivity contribution in [1.29, 1.82) is 0 Å². The second-order valence-electron chi connectivity index (χ2n) is 1.21. The van der Waals surface area contributed by atoms with Gasteiger partial charge < -0.3 is 5.32 Å². The molecule has 1 N–H and O–H groups in total. The minimum Gasteiger partial charge on any atom is -0.341 e. The van der Waals surface area contributed by atoms with E-state index in [9.17, 15) is 14.4 Å². The molecule has 0 aliphatic rings. The van der Waals surface area contributed by atoms with Crippen molar-refractivity contribution in [3.8, 4) is 0 Å². The molecule has 9 heavy (non-hydrogen) atoms. The van der Waals surface area contributed by atoms with Crippen molar-refractivity contribution in [3.05, 3.63) is 0 Å². The zero-order valence-electron chi connectivity index (χ0n) is 4.61. The molecule has 3 amide bonds. The van der Waals surface area contributed by atoms with E-state index in [0.29, 0.717) is 19.2 Å². The lowest BCUT2D eigenvalue weighted by Crippen LogP contribution is -2.31. The van der Waals surface area contributed by atoms with Crippen molar-refractivity contribution < 1.29 is 14.4 Å². The van der Waals surface area contributed by atoms with E-state index in [0.717, 1.165) is 4.90 Å². The largest absolute Gasteiger partial charge is 0.341 e. The number of hydrogen-bond donors (Lipinski definition) is 1. The van der Waals surface area contributed by atoms with Gasteiger partial charge in [-0.15, -0.1) is 0 Å². The normalized spacial score (nSPS) is 7.56. The summed E-state index contributed by atoms with van der Waals surface area (Å²) in [7, 11) is 0. The summed E-state index contributed by atoms with van der Waals surface area (Å²) in [5, 5.41) is 2.13. The Morgan fingerprint density at radius 2 is 1.78 bits per heavy atom. The molecule has 0 unspecified atom stereocenters. The van der Waals surface area contributed by atoms with Crippen LogP contribution in [0.1, 0.15) is 0 Å². The van der Waals surface area contributed by atoms with Gasteiger partial charge in [-0.3, -0.25) is 19.3 Å². The lowest BCUT2D eigenvalue weighted by Gasteiger charge is -2.04. The highest BCUT2D eigenvalue weighted by Crippen LogP contribution is 1.66. The molecular weight excluding hydrogens is 124 g/mol. The van der Waals surface area contributed by atoms with Crippen LogP contribution < -0.4 is 5.32 Å². The van der Waals surface area contributed by atoms with Gasteiger partial charge in [0.15, 0.2) is 0 Å². The number of imide groups is 1. The highest BCUT2D eigenvalue weighted by atomic mass is 16.2. The predicted octanol–water partition coefficient (Wildman–Crippen LogP) is -1.70. The van der Waals surface area contributed by atoms with Gasteiger partial charge in [-0.2, -0.15) is 0 Å². The summed E-state index contributed by atoms with van der Waals surface area (Å²) < 4.78 is 0. The molecule has 0 bridgehead atoms. The number of carbonyl (C=O) groups excluding carboxylic acids is 3. The molecule has 50 valence electrons. The summed E-state index contributed by atoms with van der Waals surface area (Å²) in [6.07, 6.45) is 1.05. The second-order valence-corrected chi connectivity index (χ2v) is 1.21. The molecule has 0 aliphatic heterocycles. The number of amides is 3. The van der Waals surface area contributed by atoms with Gasteiger partial charge in [0.2, 0.25) is 19.2 Å². The number of carbonyl (C=O) groups is 3. The average Bonchev–Trinajstić information content (AvgIpc) is 1.91. The lowest BCUT2D eigenvalue weighted by atomic mass is 10.8. The van der Waals surface area contributed by atoms with Crippen LogP contribution in [0, 0.1) is 0 Å². The van der Waals surface area contributed by atoms with Gasteiger partial charge in [-0.1, -0.05) is 0 Å². The third-order valence-corrected chi connectivity index (χ3v) is 0.628. The molecule has 0 aromatic heterocycles. The van der Waals surface area contributed by atoms with Crippen molar-refractivity contribution in [2.75, 3.05) is 6.67 Å². The molecular formula is C4H6N2O3. The molecule has 0 aromatic rings. The third kappa shape index (κ3) is 3.22. The summed E-state index contributed by atoms with van der Waals surface area (Å²) in [5.74, 6) is 0. The van der Waals surface area contributed by atoms with E-state index in [-0.39, 0.29) is 6.67 Å². The molecule has 0 saturated heterocycles. The number of nitrogens with one attached hydrogen (secondary N) is 1. The van der Waals surface area contributed by atoms with Crippen LogP contribution in [-0.2, 0) is 14.4 Å². The predicted molar refractivity (Wildman–Crippen MR) is 28.0 cm³/mol. The van der Waals surface area contributed by atoms with Crippen molar-refractivity contribution in [2.24, 2.45) is 0 Å². The van der Waals surface area contributed by atoms with Gasteiger partial charge in [0.25, 0.3) is 0 Å². The monoisotopic (exact) mass is 130 g/mol. The molecule has 5 heteroatoms. The van der Waals surface area contributed by atoms with E-state index >= 15 is 0 Å². The smallest absolute Gasteiger partial charge is 0.217 e. The first-order chi connectivity index (χ1) is 4.35. The summed E-state index contributed by atoms with van der Waals surface area (Å²) >= 11 is 0. The fourth-order valence-electron chi connectivity index (χ4n) is 0.242. The summed E-state index contributed by atoms with van der Waals surface area (Å²) in [5.41, 5.74) is 0. The first-order valence-corrected chi connectivity index (χ1v) is 2.18. The Morgan fingerprint density at radius 1 is 1.22 bits per heavy atom. The maximum absolute atomic E-state index is 9.78. The standard InChI is InChI=1S/C4H6N2O3/c7-2-5-1-6(3-8)4-9/h2-4H,1H2,(H,5,7). The molecule has 0 aromatic carbocycles. The topological polar surface area (TPSA) is 66.5 Å². The van der Waals surface area contributed by atoms with Crippen molar-refractivity contribution in [2.45, 2.75) is 0 Å².